The van der Waals surface area contributed by atoms with E-state index in [9.17, 15) is 5.11 Å². The molecule has 4 aliphatic carbocycles. The van der Waals surface area contributed by atoms with E-state index in [1.165, 1.54) is 231 Å². The van der Waals surface area contributed by atoms with E-state index < -0.39 is 5.60 Å². The van der Waals surface area contributed by atoms with Gasteiger partial charge in [-0.25, -0.2) is 0 Å². The van der Waals surface area contributed by atoms with Crippen LogP contribution >= 0.6 is 0 Å². The van der Waals surface area contributed by atoms with Gasteiger partial charge in [-0.15, -0.1) is 0 Å². The molecule has 0 atom stereocenters. The summed E-state index contributed by atoms with van der Waals surface area (Å²) in [5, 5.41) is 14.2. The van der Waals surface area contributed by atoms with Crippen LogP contribution in [0.15, 0.2) is 0 Å². The van der Waals surface area contributed by atoms with Crippen LogP contribution in [0, 0.1) is 29.6 Å². The van der Waals surface area contributed by atoms with Crippen LogP contribution in [-0.2, 0) is 0 Å². The van der Waals surface area contributed by atoms with Crippen LogP contribution in [0.2, 0.25) is 0 Å². The minimum Gasteiger partial charge on any atom is -0.389 e. The van der Waals surface area contributed by atoms with Gasteiger partial charge in [-0.3, -0.25) is 0 Å². The van der Waals surface area contributed by atoms with Crippen molar-refractivity contribution in [3.05, 3.63) is 0 Å². The summed E-state index contributed by atoms with van der Waals surface area (Å²) < 4.78 is 0. The van der Waals surface area contributed by atoms with Crippen molar-refractivity contribution in [3.8, 4) is 0 Å². The Hall–Kier alpha value is -0.0400. The predicted octanol–water partition coefficient (Wildman–Crippen LogP) is 13.9. The zero-order chi connectivity index (χ0) is 29.8. The lowest BCUT2D eigenvalue weighted by Gasteiger charge is -2.54. The highest BCUT2D eigenvalue weighted by atomic mass is 16.3. The summed E-state index contributed by atoms with van der Waals surface area (Å²) >= 11 is 0. The summed E-state index contributed by atoms with van der Waals surface area (Å²) in [7, 11) is 0. The van der Waals surface area contributed by atoms with Gasteiger partial charge in [0.15, 0.2) is 0 Å². The Kier molecular flexibility index (Phi) is 18.1. The molecule has 0 radical (unpaired) electrons. The molecule has 1 nitrogen and oxygen atoms in total. The molecule has 0 bridgehead atoms. The molecular formula is C42H78O. The average molecular weight is 599 g/mol. The summed E-state index contributed by atoms with van der Waals surface area (Å²) in [6.07, 6.45) is 51.0. The van der Waals surface area contributed by atoms with E-state index >= 15 is 0 Å². The second-order valence-corrected chi connectivity index (χ2v) is 16.5. The van der Waals surface area contributed by atoms with Crippen LogP contribution in [0.3, 0.4) is 0 Å². The maximum atomic E-state index is 14.2. The van der Waals surface area contributed by atoms with Crippen LogP contribution in [0.25, 0.3) is 0 Å². The Morgan fingerprint density at radius 1 is 0.279 bits per heavy atom. The smallest absolute Gasteiger partial charge is 0.0737 e. The van der Waals surface area contributed by atoms with Gasteiger partial charge in [0.2, 0.25) is 0 Å². The first-order valence-corrected chi connectivity index (χ1v) is 21.0. The van der Waals surface area contributed by atoms with Gasteiger partial charge in [0.05, 0.1) is 5.60 Å². The van der Waals surface area contributed by atoms with Crippen molar-refractivity contribution in [1.29, 1.82) is 0 Å². The number of hydrogen-bond donors (Lipinski definition) is 1. The Morgan fingerprint density at radius 2 is 0.465 bits per heavy atom. The minimum atomic E-state index is -0.429. The number of hydrogen-bond acceptors (Lipinski definition) is 1. The molecule has 4 fully saturated rings. The van der Waals surface area contributed by atoms with Crippen LogP contribution in [0.5, 0.6) is 0 Å². The third-order valence-corrected chi connectivity index (χ3v) is 13.4. The highest BCUT2D eigenvalue weighted by Crippen LogP contribution is 2.53. The fraction of sp³-hybridized carbons (Fsp3) is 1.00. The van der Waals surface area contributed by atoms with Crippen molar-refractivity contribution in [2.24, 2.45) is 29.6 Å². The van der Waals surface area contributed by atoms with Crippen LogP contribution in [-0.4, -0.2) is 10.7 Å². The van der Waals surface area contributed by atoms with Gasteiger partial charge in [0, 0.05) is 0 Å². The fourth-order valence-electron chi connectivity index (χ4n) is 11.0. The topological polar surface area (TPSA) is 20.2 Å². The molecule has 1 heteroatoms. The van der Waals surface area contributed by atoms with Gasteiger partial charge < -0.3 is 5.11 Å². The molecule has 0 saturated heterocycles. The largest absolute Gasteiger partial charge is 0.389 e. The normalized spacial score (nSPS) is 26.9. The zero-order valence-corrected chi connectivity index (χ0v) is 29.3. The standard InChI is InChI=1S/C42H78O/c43-42(39-33-25-17-9-3-10-18-26-34-39,40-35-27-19-11-4-12-20-28-36-40)41(37-29-21-13-5-1-6-14-22-30-37)38-31-23-15-7-2-8-16-24-32-38/h37-41,43H,1-36H2. The van der Waals surface area contributed by atoms with Crippen LogP contribution in [0.1, 0.15) is 231 Å². The Morgan fingerprint density at radius 3 is 0.698 bits per heavy atom. The van der Waals surface area contributed by atoms with Crippen molar-refractivity contribution in [2.45, 2.75) is 237 Å². The molecular weight excluding hydrogens is 520 g/mol. The van der Waals surface area contributed by atoms with Gasteiger partial charge in [0.25, 0.3) is 0 Å². The van der Waals surface area contributed by atoms with E-state index in [1.54, 1.807) is 0 Å². The first-order chi connectivity index (χ1) is 21.3. The Balaban J connectivity index is 1.74. The molecule has 4 aliphatic rings. The third-order valence-electron chi connectivity index (χ3n) is 13.4. The van der Waals surface area contributed by atoms with Gasteiger partial charge >= 0.3 is 0 Å². The Bertz CT molecular complexity index is 578. The highest BCUT2D eigenvalue weighted by molar-refractivity contribution is 5.02. The lowest BCUT2D eigenvalue weighted by molar-refractivity contribution is -0.164. The summed E-state index contributed by atoms with van der Waals surface area (Å²) in [5.41, 5.74) is -0.429. The van der Waals surface area contributed by atoms with Crippen molar-refractivity contribution in [1.82, 2.24) is 0 Å². The molecule has 4 saturated carbocycles. The molecule has 1 N–H and O–H groups in total. The maximum Gasteiger partial charge on any atom is 0.0737 e. The maximum absolute atomic E-state index is 14.2. The van der Waals surface area contributed by atoms with Gasteiger partial charge in [-0.1, -0.05) is 205 Å². The molecule has 43 heavy (non-hydrogen) atoms. The monoisotopic (exact) mass is 599 g/mol. The van der Waals surface area contributed by atoms with E-state index in [0.717, 1.165) is 11.8 Å². The summed E-state index contributed by atoms with van der Waals surface area (Å²) in [5.74, 6) is 3.19. The van der Waals surface area contributed by atoms with E-state index in [2.05, 4.69) is 0 Å². The summed E-state index contributed by atoms with van der Waals surface area (Å²) in [6.45, 7) is 0. The molecule has 252 valence electrons. The van der Waals surface area contributed by atoms with Gasteiger partial charge in [-0.2, -0.15) is 0 Å². The molecule has 4 rings (SSSR count). The first-order valence-electron chi connectivity index (χ1n) is 21.0. The molecule has 0 unspecified atom stereocenters. The Labute approximate surface area is 270 Å². The lowest BCUT2D eigenvalue weighted by atomic mass is 9.54. The van der Waals surface area contributed by atoms with Crippen molar-refractivity contribution in [3.63, 3.8) is 0 Å². The molecule has 0 heterocycles. The first kappa shape index (κ1) is 35.8. The molecule has 0 aromatic rings. The van der Waals surface area contributed by atoms with Crippen molar-refractivity contribution >= 4 is 0 Å². The SMILES string of the molecule is OC(C1CCCCCCCCC1)(C1CCCCCCCCC1)C(C1CCCCCCCCC1)C1CCCCCCCCC1. The molecule has 0 aromatic heterocycles. The zero-order valence-electron chi connectivity index (χ0n) is 29.3. The lowest BCUT2D eigenvalue weighted by Crippen LogP contribution is -2.56. The summed E-state index contributed by atoms with van der Waals surface area (Å²) in [4.78, 5) is 0. The number of aliphatic hydroxyl groups is 1. The van der Waals surface area contributed by atoms with E-state index in [0.29, 0.717) is 17.8 Å². The van der Waals surface area contributed by atoms with E-state index in [1.807, 2.05) is 0 Å². The minimum absolute atomic E-state index is 0.429. The molecule has 0 spiro atoms. The third kappa shape index (κ3) is 12.2. The molecule has 0 aromatic carbocycles. The predicted molar refractivity (Wildman–Crippen MR) is 189 cm³/mol. The average Bonchev–Trinajstić information content (AvgIpc) is 3.04. The van der Waals surface area contributed by atoms with Crippen LogP contribution in [0.4, 0.5) is 0 Å². The van der Waals surface area contributed by atoms with E-state index in [4.69, 9.17) is 0 Å². The number of rotatable bonds is 5. The summed E-state index contributed by atoms with van der Waals surface area (Å²) in [6, 6.07) is 0. The molecule has 0 aliphatic heterocycles. The van der Waals surface area contributed by atoms with Gasteiger partial charge in [0.1, 0.15) is 0 Å². The molecule has 0 amide bonds. The quantitative estimate of drug-likeness (QED) is 0.334. The second-order valence-electron chi connectivity index (χ2n) is 16.5. The fourth-order valence-corrected chi connectivity index (χ4v) is 11.0. The van der Waals surface area contributed by atoms with Crippen molar-refractivity contribution < 1.29 is 5.11 Å². The second kappa shape index (κ2) is 21.7. The van der Waals surface area contributed by atoms with Crippen LogP contribution < -0.4 is 0 Å². The highest BCUT2D eigenvalue weighted by Gasteiger charge is 2.52. The van der Waals surface area contributed by atoms with Gasteiger partial charge in [-0.05, 0) is 55.3 Å². The van der Waals surface area contributed by atoms with Crippen molar-refractivity contribution in [2.75, 3.05) is 0 Å². The van der Waals surface area contributed by atoms with E-state index in [-0.39, 0.29) is 0 Å².